The molecule has 28 heavy (non-hydrogen) atoms. The molecule has 1 saturated heterocycles. The Kier molecular flexibility index (Phi) is 5.07. The van der Waals surface area contributed by atoms with E-state index in [2.05, 4.69) is 15.4 Å². The molecule has 0 aliphatic carbocycles. The van der Waals surface area contributed by atoms with Crippen LogP contribution in [0.2, 0.25) is 0 Å². The van der Waals surface area contributed by atoms with E-state index in [9.17, 15) is 8.42 Å². The van der Waals surface area contributed by atoms with Crippen molar-refractivity contribution in [3.05, 3.63) is 48.0 Å². The molecule has 0 radical (unpaired) electrons. The molecule has 0 aromatic carbocycles. The van der Waals surface area contributed by atoms with Crippen molar-refractivity contribution in [2.45, 2.75) is 25.3 Å². The van der Waals surface area contributed by atoms with Gasteiger partial charge in [0.25, 0.3) is 0 Å². The van der Waals surface area contributed by atoms with E-state index in [-0.39, 0.29) is 5.92 Å². The van der Waals surface area contributed by atoms with Crippen LogP contribution in [0.5, 0.6) is 0 Å². The largest absolute Gasteiger partial charge is 0.366 e. The lowest BCUT2D eigenvalue weighted by atomic mass is 9.94. The van der Waals surface area contributed by atoms with Crippen molar-refractivity contribution >= 4 is 34.8 Å². The van der Waals surface area contributed by atoms with E-state index in [0.29, 0.717) is 19.6 Å². The molecule has 4 heterocycles. The number of anilines is 1. The van der Waals surface area contributed by atoms with E-state index >= 15 is 0 Å². The minimum Gasteiger partial charge on any atom is -0.366 e. The summed E-state index contributed by atoms with van der Waals surface area (Å²) in [5.74, 6) is 1.11. The lowest BCUT2D eigenvalue weighted by Crippen LogP contribution is -2.37. The second kappa shape index (κ2) is 7.52. The normalized spacial score (nSPS) is 16.5. The summed E-state index contributed by atoms with van der Waals surface area (Å²) in [5.41, 5.74) is 3.91. The number of fused-ring (bicyclic) bond motifs is 1. The number of nitrogens with one attached hydrogen (secondary N) is 1. The molecular weight excluding hydrogens is 375 g/mol. The van der Waals surface area contributed by atoms with Gasteiger partial charge < -0.3 is 5.32 Å². The second-order valence-corrected chi connectivity index (χ2v) is 9.26. The molecule has 0 bridgehead atoms. The second-order valence-electron chi connectivity index (χ2n) is 7.28. The number of hydrogen-bond acceptors (Lipinski definition) is 6. The first-order chi connectivity index (χ1) is 13.4. The fourth-order valence-electron chi connectivity index (χ4n) is 3.60. The monoisotopic (exact) mass is 398 g/mol. The summed E-state index contributed by atoms with van der Waals surface area (Å²) in [7, 11) is -1.13. The molecule has 1 fully saturated rings. The molecule has 0 amide bonds. The zero-order valence-corrected chi connectivity index (χ0v) is 16.9. The van der Waals surface area contributed by atoms with Crippen molar-refractivity contribution in [2.24, 2.45) is 0 Å². The van der Waals surface area contributed by atoms with Crippen LogP contribution in [0, 0.1) is 0 Å². The lowest BCUT2D eigenvalue weighted by molar-refractivity contribution is 0.318. The van der Waals surface area contributed by atoms with Crippen LogP contribution < -0.4 is 10.8 Å². The van der Waals surface area contributed by atoms with E-state index in [1.165, 1.54) is 6.26 Å². The maximum atomic E-state index is 11.8. The summed E-state index contributed by atoms with van der Waals surface area (Å²) in [6.07, 6.45) is 8.21. The zero-order valence-electron chi connectivity index (χ0n) is 16.0. The predicted molar refractivity (Wildman–Crippen MR) is 111 cm³/mol. The van der Waals surface area contributed by atoms with Crippen molar-refractivity contribution in [1.29, 1.82) is 0 Å². The molecule has 10 heteroatoms. The van der Waals surface area contributed by atoms with E-state index in [1.807, 2.05) is 43.0 Å². The molecule has 0 atom stereocenters. The molecule has 0 saturated carbocycles. The van der Waals surface area contributed by atoms with Crippen LogP contribution in [0.1, 0.15) is 30.0 Å². The number of pyridine rings is 1. The number of aromatic nitrogens is 4. The number of sulfonamides is 1. The van der Waals surface area contributed by atoms with Crippen molar-refractivity contribution in [2.75, 3.05) is 24.7 Å². The van der Waals surface area contributed by atoms with Crippen molar-refractivity contribution in [1.82, 2.24) is 23.9 Å². The Bertz CT molecular complexity index is 1080. The molecule has 8 nitrogen and oxygen atoms in total. The van der Waals surface area contributed by atoms with Crippen LogP contribution in [0.25, 0.3) is 5.65 Å². The number of hydrogen-bond donors (Lipinski definition) is 1. The highest BCUT2D eigenvalue weighted by molar-refractivity contribution is 7.88. The zero-order chi connectivity index (χ0) is 19.7. The fourth-order valence-corrected chi connectivity index (χ4v) is 4.48. The third-order valence-corrected chi connectivity index (χ3v) is 6.51. The van der Waals surface area contributed by atoms with Crippen LogP contribution in [0.4, 0.5) is 5.82 Å². The van der Waals surface area contributed by atoms with E-state index in [1.54, 1.807) is 10.5 Å². The van der Waals surface area contributed by atoms with E-state index in [0.717, 1.165) is 41.0 Å². The maximum absolute atomic E-state index is 11.8. The fraction of sp³-hybridized carbons (Fsp3) is 0.389. The molecule has 0 unspecified atom stereocenters. The van der Waals surface area contributed by atoms with Gasteiger partial charge in [0.05, 0.1) is 6.26 Å². The molecule has 1 aliphatic rings. The first kappa shape index (κ1) is 18.9. The third kappa shape index (κ3) is 3.88. The van der Waals surface area contributed by atoms with Crippen molar-refractivity contribution in [3.8, 4) is 0 Å². The third-order valence-electron chi connectivity index (χ3n) is 5.21. The van der Waals surface area contributed by atoms with E-state index in [4.69, 9.17) is 4.98 Å². The Morgan fingerprint density at radius 2 is 2.07 bits per heavy atom. The summed E-state index contributed by atoms with van der Waals surface area (Å²) in [5, 5.41) is 7.89. The molecular formula is C18H23BN6O2S. The molecule has 1 N–H and O–H groups in total. The lowest BCUT2D eigenvalue weighted by Gasteiger charge is -2.30. The Labute approximate surface area is 165 Å². The Balaban J connectivity index is 1.60. The highest BCUT2D eigenvalue weighted by Gasteiger charge is 2.27. The summed E-state index contributed by atoms with van der Waals surface area (Å²) in [4.78, 5) is 8.99. The summed E-state index contributed by atoms with van der Waals surface area (Å²) in [6, 6.07) is 5.98. The number of nitrogens with zero attached hydrogens (tertiary/aromatic N) is 5. The van der Waals surface area contributed by atoms with Gasteiger partial charge in [-0.1, -0.05) is 6.07 Å². The van der Waals surface area contributed by atoms with Gasteiger partial charge in [-0.3, -0.25) is 4.98 Å². The minimum absolute atomic E-state index is 0.233. The maximum Gasteiger partial charge on any atom is 0.211 e. The van der Waals surface area contributed by atoms with Crippen molar-refractivity contribution < 1.29 is 8.42 Å². The Morgan fingerprint density at radius 3 is 2.75 bits per heavy atom. The quantitative estimate of drug-likeness (QED) is 0.615. The van der Waals surface area contributed by atoms with Gasteiger partial charge in [0, 0.05) is 55.9 Å². The van der Waals surface area contributed by atoms with Crippen LogP contribution in [-0.2, 0) is 16.6 Å². The molecule has 4 rings (SSSR count). The standard InChI is InChI=1S/C18H23BN6O2S/c1-28(26,27)24-7-4-14(5-8-24)16-9-17(21-11-13-3-2-6-20-10-13)25-18(23-16)15(19)12-22-25/h2-3,6,9-10,12,14,21H,4-5,7-8,11,19H2,1H3. The van der Waals surface area contributed by atoms with Gasteiger partial charge in [-0.2, -0.15) is 9.61 Å². The topological polar surface area (TPSA) is 92.5 Å². The summed E-state index contributed by atoms with van der Waals surface area (Å²) >= 11 is 0. The Hall–Kier alpha value is -2.46. The smallest absolute Gasteiger partial charge is 0.211 e. The Morgan fingerprint density at radius 1 is 1.29 bits per heavy atom. The highest BCUT2D eigenvalue weighted by Crippen LogP contribution is 2.29. The summed E-state index contributed by atoms with van der Waals surface area (Å²) < 4.78 is 26.9. The molecule has 3 aromatic heterocycles. The van der Waals surface area contributed by atoms with E-state index < -0.39 is 10.0 Å². The first-order valence-electron chi connectivity index (χ1n) is 9.35. The number of piperidine rings is 1. The average Bonchev–Trinajstić information content (AvgIpc) is 3.07. The van der Waals surface area contributed by atoms with Crippen LogP contribution in [0.15, 0.2) is 36.8 Å². The SMILES string of the molecule is Bc1cnn2c(NCc3cccnc3)cc(C3CCN(S(C)(=O)=O)CC3)nc12. The minimum atomic E-state index is -3.13. The van der Waals surface area contributed by atoms with Crippen LogP contribution in [-0.4, -0.2) is 59.5 Å². The number of rotatable bonds is 5. The van der Waals surface area contributed by atoms with Gasteiger partial charge in [-0.05, 0) is 29.9 Å². The van der Waals surface area contributed by atoms with Gasteiger partial charge in [-0.25, -0.2) is 17.7 Å². The van der Waals surface area contributed by atoms with Gasteiger partial charge in [-0.15, -0.1) is 0 Å². The van der Waals surface area contributed by atoms with Crippen LogP contribution >= 0.6 is 0 Å². The predicted octanol–water partition coefficient (Wildman–Crippen LogP) is 0.134. The van der Waals surface area contributed by atoms with Gasteiger partial charge in [0.15, 0.2) is 5.65 Å². The first-order valence-corrected chi connectivity index (χ1v) is 11.2. The van der Waals surface area contributed by atoms with Gasteiger partial charge in [0.1, 0.15) is 13.7 Å². The van der Waals surface area contributed by atoms with Crippen LogP contribution in [0.3, 0.4) is 0 Å². The van der Waals surface area contributed by atoms with Gasteiger partial charge >= 0.3 is 0 Å². The molecule has 146 valence electrons. The molecule has 1 aliphatic heterocycles. The van der Waals surface area contributed by atoms with Gasteiger partial charge in [0.2, 0.25) is 10.0 Å². The van der Waals surface area contributed by atoms with Crippen molar-refractivity contribution in [3.63, 3.8) is 0 Å². The summed E-state index contributed by atoms with van der Waals surface area (Å²) in [6.45, 7) is 1.71. The molecule has 3 aromatic rings. The highest BCUT2D eigenvalue weighted by atomic mass is 32.2. The molecule has 0 spiro atoms. The average molecular weight is 398 g/mol.